The summed E-state index contributed by atoms with van der Waals surface area (Å²) in [6, 6.07) is 4.49. The van der Waals surface area contributed by atoms with Gasteiger partial charge in [0, 0.05) is 39.1 Å². The van der Waals surface area contributed by atoms with E-state index in [4.69, 9.17) is 18.9 Å². The van der Waals surface area contributed by atoms with E-state index in [9.17, 15) is 19.2 Å². The van der Waals surface area contributed by atoms with Crippen molar-refractivity contribution in [3.63, 3.8) is 0 Å². The van der Waals surface area contributed by atoms with Gasteiger partial charge in [-0.2, -0.15) is 0 Å². The Labute approximate surface area is 259 Å². The molecule has 0 aromatic heterocycles. The Bertz CT molecular complexity index is 1110. The van der Waals surface area contributed by atoms with Gasteiger partial charge >= 0.3 is 0 Å². The molecule has 4 rings (SSSR count). The number of Topliss-reactive ketones (excluding diaryl/α,β-unsaturated/α-hetero) is 1. The molecule has 0 aliphatic carbocycles. The van der Waals surface area contributed by atoms with E-state index in [1.165, 1.54) is 0 Å². The first kappa shape index (κ1) is 33.8. The van der Waals surface area contributed by atoms with Crippen LogP contribution in [0.2, 0.25) is 0 Å². The van der Waals surface area contributed by atoms with Crippen LogP contribution in [0, 0.1) is 0 Å². The number of nitrogens with zero attached hydrogens (tertiary/aromatic N) is 1. The van der Waals surface area contributed by atoms with Gasteiger partial charge in [0.15, 0.2) is 5.78 Å². The van der Waals surface area contributed by atoms with Gasteiger partial charge in [-0.3, -0.25) is 24.1 Å². The van der Waals surface area contributed by atoms with Gasteiger partial charge in [-0.1, -0.05) is 12.1 Å². The van der Waals surface area contributed by atoms with E-state index in [1.807, 2.05) is 17.0 Å². The van der Waals surface area contributed by atoms with Crippen molar-refractivity contribution in [2.45, 2.75) is 88.6 Å². The predicted molar refractivity (Wildman–Crippen MR) is 162 cm³/mol. The zero-order valence-corrected chi connectivity index (χ0v) is 26.2. The lowest BCUT2D eigenvalue weighted by Gasteiger charge is -2.36. The maximum atomic E-state index is 13.9. The van der Waals surface area contributed by atoms with E-state index in [1.54, 1.807) is 33.1 Å². The molecule has 5 atom stereocenters. The van der Waals surface area contributed by atoms with Gasteiger partial charge in [0.2, 0.25) is 17.7 Å². The summed E-state index contributed by atoms with van der Waals surface area (Å²) < 4.78 is 22.4. The number of carbonyl (C=O) groups excluding carboxylic acids is 4. The predicted octanol–water partition coefficient (Wildman–Crippen LogP) is 1.14. The highest BCUT2D eigenvalue weighted by atomic mass is 16.5. The van der Waals surface area contributed by atoms with Crippen LogP contribution in [-0.4, -0.2) is 111 Å². The molecular weight excluding hydrogens is 568 g/mol. The smallest absolute Gasteiger partial charge is 0.243 e. The van der Waals surface area contributed by atoms with Crippen LogP contribution in [-0.2, 0) is 39.8 Å². The van der Waals surface area contributed by atoms with Crippen molar-refractivity contribution in [2.24, 2.45) is 0 Å². The lowest BCUT2D eigenvalue weighted by atomic mass is 9.85. The maximum Gasteiger partial charge on any atom is 0.243 e. The largest absolute Gasteiger partial charge is 0.497 e. The van der Waals surface area contributed by atoms with Crippen LogP contribution in [0.3, 0.4) is 0 Å². The molecule has 3 N–H and O–H groups in total. The average molecular weight is 617 g/mol. The number of amides is 3. The quantitative estimate of drug-likeness (QED) is 0.280. The molecule has 12 nitrogen and oxygen atoms in total. The van der Waals surface area contributed by atoms with E-state index in [0.717, 1.165) is 31.2 Å². The standard InChI is InChI=1S/C32H48N4O8/c1-22(33-28(37)21-36-13-17-42-18-14-36)30(39)35-27(19-23-8-10-24(41-3)11-9-23)31(40)34-26(20-25-7-6-15-43-25)29(38)32(2)12-4-5-16-44-32/h8-11,22,25-27H,4-7,12-21H2,1-3H3,(H,33,37)(H,34,40)(H,35,39)/t22-,25-,26-,27-,32-/m0/s1. The number of morpholine rings is 1. The van der Waals surface area contributed by atoms with Crippen molar-refractivity contribution in [1.29, 1.82) is 0 Å². The highest BCUT2D eigenvalue weighted by Gasteiger charge is 2.42. The molecule has 0 unspecified atom stereocenters. The Morgan fingerprint density at radius 2 is 1.68 bits per heavy atom. The minimum absolute atomic E-state index is 0.146. The summed E-state index contributed by atoms with van der Waals surface area (Å²) in [4.78, 5) is 55.7. The number of carbonyl (C=O) groups is 4. The van der Waals surface area contributed by atoms with Gasteiger partial charge < -0.3 is 34.9 Å². The van der Waals surface area contributed by atoms with Crippen molar-refractivity contribution in [1.82, 2.24) is 20.9 Å². The number of hydrogen-bond donors (Lipinski definition) is 3. The molecule has 3 amide bonds. The summed E-state index contributed by atoms with van der Waals surface area (Å²) in [7, 11) is 1.57. The SMILES string of the molecule is COc1ccc(C[C@H](NC(=O)[C@H](C)NC(=O)CN2CCOCC2)C(=O)N[C@@H](C[C@@H]2CCCO2)C(=O)[C@]2(C)CCCCO2)cc1. The highest BCUT2D eigenvalue weighted by molar-refractivity contribution is 5.97. The summed E-state index contributed by atoms with van der Waals surface area (Å²) in [5.74, 6) is -0.790. The number of nitrogens with one attached hydrogen (secondary N) is 3. The second-order valence-electron chi connectivity index (χ2n) is 12.1. The van der Waals surface area contributed by atoms with Crippen LogP contribution >= 0.6 is 0 Å². The molecule has 3 heterocycles. The zero-order chi connectivity index (χ0) is 31.5. The Hall–Kier alpha value is -3.06. The molecule has 0 radical (unpaired) electrons. The van der Waals surface area contributed by atoms with Gasteiger partial charge in [-0.15, -0.1) is 0 Å². The van der Waals surface area contributed by atoms with Crippen molar-refractivity contribution < 1.29 is 38.1 Å². The molecular formula is C32H48N4O8. The van der Waals surface area contributed by atoms with Crippen LogP contribution in [0.25, 0.3) is 0 Å². The molecule has 12 heteroatoms. The Morgan fingerprint density at radius 3 is 2.32 bits per heavy atom. The third kappa shape index (κ3) is 9.72. The molecule has 0 saturated carbocycles. The molecule has 0 bridgehead atoms. The number of benzene rings is 1. The van der Waals surface area contributed by atoms with E-state index in [-0.39, 0.29) is 30.8 Å². The van der Waals surface area contributed by atoms with Crippen molar-refractivity contribution in [3.05, 3.63) is 29.8 Å². The minimum Gasteiger partial charge on any atom is -0.497 e. The summed E-state index contributed by atoms with van der Waals surface area (Å²) in [6.07, 6.45) is 4.41. The number of ether oxygens (including phenoxy) is 4. The number of rotatable bonds is 14. The normalized spacial score (nSPS) is 24.5. The van der Waals surface area contributed by atoms with Crippen LogP contribution in [0.5, 0.6) is 5.75 Å². The third-order valence-electron chi connectivity index (χ3n) is 8.62. The van der Waals surface area contributed by atoms with E-state index >= 15 is 0 Å². The van der Waals surface area contributed by atoms with Gasteiger partial charge in [-0.05, 0) is 63.6 Å². The van der Waals surface area contributed by atoms with Gasteiger partial charge in [0.25, 0.3) is 0 Å². The molecule has 3 fully saturated rings. The highest BCUT2D eigenvalue weighted by Crippen LogP contribution is 2.29. The van der Waals surface area contributed by atoms with Crippen LogP contribution < -0.4 is 20.7 Å². The summed E-state index contributed by atoms with van der Waals surface area (Å²) in [5, 5.41) is 8.52. The Balaban J connectivity index is 1.47. The van der Waals surface area contributed by atoms with Gasteiger partial charge in [-0.25, -0.2) is 0 Å². The average Bonchev–Trinajstić information content (AvgIpc) is 3.54. The Morgan fingerprint density at radius 1 is 0.955 bits per heavy atom. The molecule has 0 spiro atoms. The number of hydrogen-bond acceptors (Lipinski definition) is 9. The van der Waals surface area contributed by atoms with Crippen molar-refractivity contribution in [3.8, 4) is 5.75 Å². The third-order valence-corrected chi connectivity index (χ3v) is 8.62. The monoisotopic (exact) mass is 616 g/mol. The zero-order valence-electron chi connectivity index (χ0n) is 26.2. The second-order valence-corrected chi connectivity index (χ2v) is 12.1. The fourth-order valence-corrected chi connectivity index (χ4v) is 5.91. The first-order valence-corrected chi connectivity index (χ1v) is 15.8. The van der Waals surface area contributed by atoms with Crippen molar-refractivity contribution in [2.75, 3.05) is 53.2 Å². The summed E-state index contributed by atoms with van der Waals surface area (Å²) >= 11 is 0. The van der Waals surface area contributed by atoms with E-state index < -0.39 is 35.5 Å². The molecule has 1 aromatic rings. The molecule has 244 valence electrons. The molecule has 44 heavy (non-hydrogen) atoms. The lowest BCUT2D eigenvalue weighted by molar-refractivity contribution is -0.152. The minimum atomic E-state index is -1.01. The van der Waals surface area contributed by atoms with Crippen LogP contribution in [0.15, 0.2) is 24.3 Å². The van der Waals surface area contributed by atoms with E-state index in [0.29, 0.717) is 58.1 Å². The second kappa shape index (κ2) is 16.3. The first-order valence-electron chi connectivity index (χ1n) is 15.8. The fourth-order valence-electron chi connectivity index (χ4n) is 5.91. The lowest BCUT2D eigenvalue weighted by Crippen LogP contribution is -2.59. The summed E-state index contributed by atoms with van der Waals surface area (Å²) in [6.45, 7) is 7.07. The molecule has 3 aliphatic heterocycles. The molecule has 1 aromatic carbocycles. The summed E-state index contributed by atoms with van der Waals surface area (Å²) in [5.41, 5.74) is -0.206. The number of ketones is 1. The topological polar surface area (TPSA) is 145 Å². The van der Waals surface area contributed by atoms with Gasteiger partial charge in [0.05, 0.1) is 39.0 Å². The van der Waals surface area contributed by atoms with Crippen LogP contribution in [0.1, 0.15) is 57.9 Å². The molecule has 3 saturated heterocycles. The molecule has 3 aliphatic rings. The first-order chi connectivity index (χ1) is 21.2. The van der Waals surface area contributed by atoms with E-state index in [2.05, 4.69) is 16.0 Å². The fraction of sp³-hybridized carbons (Fsp3) is 0.688. The van der Waals surface area contributed by atoms with Gasteiger partial charge in [0.1, 0.15) is 23.4 Å². The van der Waals surface area contributed by atoms with Crippen LogP contribution in [0.4, 0.5) is 0 Å². The maximum absolute atomic E-state index is 13.9. The Kier molecular flexibility index (Phi) is 12.5. The number of methoxy groups -OCH3 is 1. The van der Waals surface area contributed by atoms with Crippen molar-refractivity contribution >= 4 is 23.5 Å².